The van der Waals surface area contributed by atoms with Crippen LogP contribution >= 0.6 is 23.8 Å². The smallest absolute Gasteiger partial charge is 0.382 e. The van der Waals surface area contributed by atoms with E-state index in [1.807, 2.05) is 39.0 Å². The van der Waals surface area contributed by atoms with Gasteiger partial charge in [-0.2, -0.15) is 0 Å². The molecule has 0 radical (unpaired) electrons. The maximum absolute atomic E-state index is 12.9. The molecule has 2 aromatic rings. The van der Waals surface area contributed by atoms with Gasteiger partial charge in [0.25, 0.3) is 0 Å². The second-order valence-electron chi connectivity index (χ2n) is 10.3. The van der Waals surface area contributed by atoms with Crippen LogP contribution in [0.4, 0.5) is 0 Å². The van der Waals surface area contributed by atoms with Crippen LogP contribution < -0.4 is 16.0 Å². The van der Waals surface area contributed by atoms with E-state index in [9.17, 15) is 23.8 Å². The van der Waals surface area contributed by atoms with Crippen molar-refractivity contribution >= 4 is 52.4 Å². The van der Waals surface area contributed by atoms with Crippen molar-refractivity contribution in [3.63, 3.8) is 0 Å². The van der Waals surface area contributed by atoms with E-state index in [0.717, 1.165) is 20.9 Å². The highest BCUT2D eigenvalue weighted by Gasteiger charge is 2.27. The Kier molecular flexibility index (Phi) is 15.8. The molecule has 0 spiro atoms. The lowest BCUT2D eigenvalue weighted by Crippen LogP contribution is -2.51. The number of rotatable bonds is 20. The molecule has 15 heteroatoms. The van der Waals surface area contributed by atoms with Crippen LogP contribution in [0.25, 0.3) is 10.9 Å². The third kappa shape index (κ3) is 13.5. The molecule has 0 aliphatic heterocycles. The van der Waals surface area contributed by atoms with Gasteiger partial charge in [-0.15, -0.1) is 0 Å². The highest BCUT2D eigenvalue weighted by atomic mass is 79.9. The Balaban J connectivity index is 1.82. The van der Waals surface area contributed by atoms with Crippen LogP contribution in [-0.2, 0) is 43.9 Å². The number of ether oxygens (including phenoxy) is 2. The van der Waals surface area contributed by atoms with Crippen molar-refractivity contribution < 1.29 is 42.4 Å². The van der Waals surface area contributed by atoms with E-state index in [2.05, 4.69) is 36.9 Å². The van der Waals surface area contributed by atoms with Gasteiger partial charge < -0.3 is 35.3 Å². The zero-order valence-electron chi connectivity index (χ0n) is 25.3. The average Bonchev–Trinajstić information content (AvgIpc) is 3.35. The van der Waals surface area contributed by atoms with Crippen LogP contribution in [-0.4, -0.2) is 85.9 Å². The maximum atomic E-state index is 12.9. The first-order valence-electron chi connectivity index (χ1n) is 14.2. The molecule has 242 valence electrons. The number of phosphoric acid groups is 1. The molecular weight excluding hydrogens is 647 g/mol. The molecule has 13 nitrogen and oxygen atoms in total. The van der Waals surface area contributed by atoms with Gasteiger partial charge in [-0.1, -0.05) is 36.2 Å². The van der Waals surface area contributed by atoms with Crippen LogP contribution in [0.1, 0.15) is 46.1 Å². The predicted molar refractivity (Wildman–Crippen MR) is 165 cm³/mol. The summed E-state index contributed by atoms with van der Waals surface area (Å²) in [6, 6.07) is 4.26. The highest BCUT2D eigenvalue weighted by molar-refractivity contribution is 9.10. The summed E-state index contributed by atoms with van der Waals surface area (Å²) in [5.41, 5.74) is 1.70. The molecule has 0 saturated carbocycles. The fraction of sp³-hybridized carbons (Fsp3) is 0.607. The van der Waals surface area contributed by atoms with Gasteiger partial charge in [0.1, 0.15) is 6.04 Å². The number of carbonyl (C=O) groups is 3. The molecule has 2 rings (SSSR count). The summed E-state index contributed by atoms with van der Waals surface area (Å²) < 4.78 is 34.0. The Labute approximate surface area is 260 Å². The molecule has 1 aromatic carbocycles. The average molecular weight is 692 g/mol. The number of nitrogens with one attached hydrogen (secondary N) is 4. The summed E-state index contributed by atoms with van der Waals surface area (Å²) in [6.45, 7) is 6.67. The molecule has 0 bridgehead atoms. The zero-order valence-corrected chi connectivity index (χ0v) is 27.8. The lowest BCUT2D eigenvalue weighted by molar-refractivity contribution is -0.130. The molecule has 1 unspecified atom stereocenters. The molecule has 1 aromatic heterocycles. The van der Waals surface area contributed by atoms with E-state index >= 15 is 0 Å². The van der Waals surface area contributed by atoms with Gasteiger partial charge in [0, 0.05) is 48.8 Å². The fourth-order valence-corrected chi connectivity index (χ4v) is 5.20. The first kappa shape index (κ1) is 36.9. The number of carbonyl (C=O) groups excluding carboxylic acids is 3. The van der Waals surface area contributed by atoms with E-state index < -0.39 is 25.8 Å². The highest BCUT2D eigenvalue weighted by Crippen LogP contribution is 2.42. The SMILES string of the molecule is CC[C@H](C)[C@H](NC(=O)Cc1c[nH]c2ccc(Br)cc12)C(=O)NCCOP(=O)(O)OC[C@@H](COCC[C@@H](C)OC)NC(C)=O. The van der Waals surface area contributed by atoms with Gasteiger partial charge in [-0.3, -0.25) is 23.4 Å². The first-order valence-corrected chi connectivity index (χ1v) is 16.5. The topological polar surface area (TPSA) is 177 Å². The van der Waals surface area contributed by atoms with Crippen molar-refractivity contribution in [1.82, 2.24) is 20.9 Å². The van der Waals surface area contributed by atoms with Gasteiger partial charge in [-0.25, -0.2) is 4.57 Å². The van der Waals surface area contributed by atoms with Gasteiger partial charge in [0.15, 0.2) is 0 Å². The van der Waals surface area contributed by atoms with Gasteiger partial charge in [0.2, 0.25) is 17.7 Å². The van der Waals surface area contributed by atoms with Crippen LogP contribution in [0.3, 0.4) is 0 Å². The lowest BCUT2D eigenvalue weighted by atomic mass is 9.98. The molecule has 1 heterocycles. The molecule has 0 aliphatic carbocycles. The number of hydrogen-bond acceptors (Lipinski definition) is 8. The van der Waals surface area contributed by atoms with Crippen molar-refractivity contribution in [2.75, 3.05) is 40.1 Å². The second kappa shape index (κ2) is 18.5. The van der Waals surface area contributed by atoms with Crippen LogP contribution in [0, 0.1) is 5.92 Å². The van der Waals surface area contributed by atoms with Crippen LogP contribution in [0.15, 0.2) is 28.9 Å². The fourth-order valence-electron chi connectivity index (χ4n) is 4.07. The number of aromatic amines is 1. The van der Waals surface area contributed by atoms with Gasteiger partial charge in [0.05, 0.1) is 38.4 Å². The van der Waals surface area contributed by atoms with Crippen molar-refractivity contribution in [3.8, 4) is 0 Å². The number of aromatic nitrogens is 1. The number of halogens is 1. The van der Waals surface area contributed by atoms with E-state index in [1.54, 1.807) is 13.3 Å². The number of H-pyrrole nitrogens is 1. The predicted octanol–water partition coefficient (Wildman–Crippen LogP) is 3.20. The third-order valence-electron chi connectivity index (χ3n) is 6.78. The first-order chi connectivity index (χ1) is 20.3. The summed E-state index contributed by atoms with van der Waals surface area (Å²) in [4.78, 5) is 50.6. The Morgan fingerprint density at radius 1 is 1.12 bits per heavy atom. The van der Waals surface area contributed by atoms with Crippen LogP contribution in [0.5, 0.6) is 0 Å². The molecule has 0 fully saturated rings. The third-order valence-corrected chi connectivity index (χ3v) is 8.26. The molecule has 43 heavy (non-hydrogen) atoms. The number of amides is 3. The number of hydrogen-bond donors (Lipinski definition) is 5. The van der Waals surface area contributed by atoms with E-state index in [-0.39, 0.29) is 56.6 Å². The van der Waals surface area contributed by atoms with Gasteiger partial charge in [-0.05, 0) is 43.0 Å². The number of fused-ring (bicyclic) bond motifs is 1. The Morgan fingerprint density at radius 3 is 2.53 bits per heavy atom. The number of phosphoric ester groups is 1. The van der Waals surface area contributed by atoms with Crippen molar-refractivity contribution in [2.24, 2.45) is 5.92 Å². The largest absolute Gasteiger partial charge is 0.472 e. The van der Waals surface area contributed by atoms with Crippen molar-refractivity contribution in [2.45, 2.75) is 65.1 Å². The van der Waals surface area contributed by atoms with Gasteiger partial charge >= 0.3 is 7.82 Å². The van der Waals surface area contributed by atoms with E-state index in [1.165, 1.54) is 6.92 Å². The molecular formula is C28H44BrN4O9P. The standard InChI is InChI=1S/C28H44BrN4O9P/c1-6-18(2)27(33-26(35)13-21-15-31-25-8-7-22(29)14-24(21)25)28(36)30-10-12-41-43(37,38)42-17-23(32-20(4)34)16-40-11-9-19(3)39-5/h7-8,14-15,18-19,23,27,31H,6,9-13,16-17H2,1-5H3,(H,30,36)(H,32,34)(H,33,35)(H,37,38)/t18-,19+,23+,27-/m0/s1. The monoisotopic (exact) mass is 690 g/mol. The summed E-state index contributed by atoms with van der Waals surface area (Å²) in [6.07, 6.45) is 3.14. The molecule has 0 aliphatic rings. The molecule has 5 N–H and O–H groups in total. The minimum atomic E-state index is -4.49. The Bertz CT molecular complexity index is 1240. The van der Waals surface area contributed by atoms with E-state index in [4.69, 9.17) is 18.5 Å². The number of benzene rings is 1. The quantitative estimate of drug-likeness (QED) is 0.103. The summed E-state index contributed by atoms with van der Waals surface area (Å²) in [7, 11) is -2.90. The van der Waals surface area contributed by atoms with E-state index in [0.29, 0.717) is 19.4 Å². The molecule has 0 saturated heterocycles. The van der Waals surface area contributed by atoms with Crippen molar-refractivity contribution in [3.05, 3.63) is 34.4 Å². The number of methoxy groups -OCH3 is 1. The molecule has 3 amide bonds. The summed E-state index contributed by atoms with van der Waals surface area (Å²) >= 11 is 3.45. The minimum Gasteiger partial charge on any atom is -0.382 e. The summed E-state index contributed by atoms with van der Waals surface area (Å²) in [5.74, 6) is -1.26. The second-order valence-corrected chi connectivity index (χ2v) is 12.7. The van der Waals surface area contributed by atoms with Crippen molar-refractivity contribution in [1.29, 1.82) is 0 Å². The van der Waals surface area contributed by atoms with Crippen LogP contribution in [0.2, 0.25) is 0 Å². The zero-order chi connectivity index (χ0) is 32.0. The Hall–Kier alpha value is -2.32. The normalized spacial score (nSPS) is 15.7. The Morgan fingerprint density at radius 2 is 1.86 bits per heavy atom. The minimum absolute atomic E-state index is 0.00639. The maximum Gasteiger partial charge on any atom is 0.472 e. The summed E-state index contributed by atoms with van der Waals surface area (Å²) in [5, 5.41) is 8.98. The lowest BCUT2D eigenvalue weighted by Gasteiger charge is -2.24. The molecule has 5 atom stereocenters.